The molecule has 0 aromatic heterocycles. The minimum atomic E-state index is 1.21. The summed E-state index contributed by atoms with van der Waals surface area (Å²) in [6, 6.07) is 76.7. The molecule has 12 aromatic rings. The van der Waals surface area contributed by atoms with E-state index < -0.39 is 0 Å². The van der Waals surface area contributed by atoms with Gasteiger partial charge in [-0.15, -0.1) is 0 Å². The fourth-order valence-corrected chi connectivity index (χ4v) is 9.57. The third kappa shape index (κ3) is 4.66. The predicted molar refractivity (Wildman–Crippen MR) is 242 cm³/mol. The molecule has 0 spiro atoms. The Balaban J connectivity index is 1.09. The molecule has 0 aliphatic rings. The average molecular weight is 707 g/mol. The van der Waals surface area contributed by atoms with Crippen LogP contribution >= 0.6 is 0 Å². The second-order valence-corrected chi connectivity index (χ2v) is 15.2. The molecular formula is C56H34. The second kappa shape index (κ2) is 12.1. The van der Waals surface area contributed by atoms with E-state index in [0.717, 1.165) is 0 Å². The lowest BCUT2D eigenvalue weighted by atomic mass is 9.82. The van der Waals surface area contributed by atoms with E-state index in [1.807, 2.05) is 0 Å². The first-order chi connectivity index (χ1) is 27.8. The molecule has 0 aliphatic carbocycles. The van der Waals surface area contributed by atoms with E-state index in [0.29, 0.717) is 0 Å². The summed E-state index contributed by atoms with van der Waals surface area (Å²) in [6.45, 7) is 0. The molecule has 0 heteroatoms. The number of benzene rings is 12. The van der Waals surface area contributed by atoms with Gasteiger partial charge < -0.3 is 0 Å². The molecule has 0 saturated heterocycles. The Morgan fingerprint density at radius 3 is 1.32 bits per heavy atom. The maximum Gasteiger partial charge on any atom is -0.00199 e. The highest BCUT2D eigenvalue weighted by Crippen LogP contribution is 2.49. The zero-order valence-corrected chi connectivity index (χ0v) is 30.6. The molecular weight excluding hydrogens is 673 g/mol. The second-order valence-electron chi connectivity index (χ2n) is 15.2. The van der Waals surface area contributed by atoms with Crippen LogP contribution in [-0.4, -0.2) is 0 Å². The van der Waals surface area contributed by atoms with Gasteiger partial charge in [-0.25, -0.2) is 0 Å². The normalized spacial score (nSPS) is 11.9. The van der Waals surface area contributed by atoms with Crippen LogP contribution in [0.2, 0.25) is 0 Å². The van der Waals surface area contributed by atoms with Gasteiger partial charge in [-0.2, -0.15) is 0 Å². The molecule has 0 radical (unpaired) electrons. The van der Waals surface area contributed by atoms with Gasteiger partial charge in [-0.05, 0) is 138 Å². The lowest BCUT2D eigenvalue weighted by molar-refractivity contribution is 1.61. The highest BCUT2D eigenvalue weighted by atomic mass is 14.2. The van der Waals surface area contributed by atoms with Crippen LogP contribution in [0.15, 0.2) is 206 Å². The molecule has 0 aliphatic heterocycles. The highest BCUT2D eigenvalue weighted by Gasteiger charge is 2.21. The predicted octanol–water partition coefficient (Wildman–Crippen LogP) is 15.9. The van der Waals surface area contributed by atoms with Crippen molar-refractivity contribution < 1.29 is 0 Å². The van der Waals surface area contributed by atoms with Gasteiger partial charge >= 0.3 is 0 Å². The van der Waals surface area contributed by atoms with Crippen molar-refractivity contribution in [3.8, 4) is 44.5 Å². The topological polar surface area (TPSA) is 0 Å². The Kier molecular flexibility index (Phi) is 6.73. The maximum atomic E-state index is 2.43. The summed E-state index contributed by atoms with van der Waals surface area (Å²) in [7, 11) is 0. The molecule has 258 valence electrons. The maximum absolute atomic E-state index is 2.43. The highest BCUT2D eigenvalue weighted by molar-refractivity contribution is 6.30. The summed E-state index contributed by atoms with van der Waals surface area (Å²) in [6.07, 6.45) is 0. The number of rotatable bonds is 4. The zero-order valence-electron chi connectivity index (χ0n) is 30.6. The Morgan fingerprint density at radius 2 is 0.643 bits per heavy atom. The van der Waals surface area contributed by atoms with Crippen LogP contribution in [0.5, 0.6) is 0 Å². The van der Waals surface area contributed by atoms with Crippen molar-refractivity contribution in [2.75, 3.05) is 0 Å². The van der Waals surface area contributed by atoms with Crippen molar-refractivity contribution in [1.29, 1.82) is 0 Å². The third-order valence-electron chi connectivity index (χ3n) is 12.2. The van der Waals surface area contributed by atoms with Gasteiger partial charge in [0.1, 0.15) is 0 Å². The standard InChI is InChI=1S/C56H34/c1-2-11-41-32-42(27-24-35(41)10-1)36-20-22-37(23-21-36)44-33-43-12-3-4-15-45(43)52(34-44)56-48-18-7-5-16-46(48)55(47-17-6-8-19-49(47)56)51-31-29-40-26-25-38-13-9-14-39-28-30-50(51)54(40)53(38)39/h1-34H. The molecule has 12 rings (SSSR count). The molecule has 0 atom stereocenters. The minimum Gasteiger partial charge on any atom is -0.0616 e. The van der Waals surface area contributed by atoms with Crippen molar-refractivity contribution in [2.24, 2.45) is 0 Å². The van der Waals surface area contributed by atoms with Gasteiger partial charge in [0.2, 0.25) is 0 Å². The van der Waals surface area contributed by atoms with Crippen LogP contribution in [0, 0.1) is 0 Å². The van der Waals surface area contributed by atoms with Crippen LogP contribution in [0.3, 0.4) is 0 Å². The van der Waals surface area contributed by atoms with Crippen molar-refractivity contribution in [1.82, 2.24) is 0 Å². The lowest BCUT2D eigenvalue weighted by Crippen LogP contribution is -1.93. The van der Waals surface area contributed by atoms with Crippen LogP contribution in [-0.2, 0) is 0 Å². The fourth-order valence-electron chi connectivity index (χ4n) is 9.57. The van der Waals surface area contributed by atoms with Crippen LogP contribution in [0.4, 0.5) is 0 Å². The third-order valence-corrected chi connectivity index (χ3v) is 12.2. The number of hydrogen-bond acceptors (Lipinski definition) is 0. The molecule has 0 fully saturated rings. The molecule has 0 saturated carbocycles. The monoisotopic (exact) mass is 706 g/mol. The molecule has 0 unspecified atom stereocenters. The van der Waals surface area contributed by atoms with Gasteiger partial charge in [0.15, 0.2) is 0 Å². The van der Waals surface area contributed by atoms with E-state index in [2.05, 4.69) is 206 Å². The SMILES string of the molecule is c1ccc2cc(-c3ccc(-c4cc(-c5c6ccccc6c(-c6ccc7ccc8cccc9ccc6c7c89)c6ccccc56)c5ccccc5c4)cc3)ccc2c1. The quantitative estimate of drug-likeness (QED) is 0.126. The van der Waals surface area contributed by atoms with E-state index >= 15 is 0 Å². The molecule has 0 N–H and O–H groups in total. The number of fused-ring (bicyclic) bond motifs is 4. The first-order valence-corrected chi connectivity index (χ1v) is 19.5. The van der Waals surface area contributed by atoms with Gasteiger partial charge in [0.05, 0.1) is 0 Å². The van der Waals surface area contributed by atoms with Crippen molar-refractivity contribution in [3.63, 3.8) is 0 Å². The van der Waals surface area contributed by atoms with Gasteiger partial charge in [-0.3, -0.25) is 0 Å². The molecule has 0 amide bonds. The number of hydrogen-bond donors (Lipinski definition) is 0. The van der Waals surface area contributed by atoms with Gasteiger partial charge in [0, 0.05) is 0 Å². The Hall–Kier alpha value is -7.28. The summed E-state index contributed by atoms with van der Waals surface area (Å²) in [5, 5.41) is 18.0. The van der Waals surface area contributed by atoms with Gasteiger partial charge in [0.25, 0.3) is 0 Å². The fraction of sp³-hybridized carbons (Fsp3) is 0. The van der Waals surface area contributed by atoms with E-state index in [9.17, 15) is 0 Å². The average Bonchev–Trinajstić information content (AvgIpc) is 3.27. The zero-order chi connectivity index (χ0) is 36.7. The van der Waals surface area contributed by atoms with E-state index in [1.54, 1.807) is 0 Å². The summed E-state index contributed by atoms with van der Waals surface area (Å²) >= 11 is 0. The van der Waals surface area contributed by atoms with Gasteiger partial charge in [-0.1, -0.05) is 188 Å². The Labute approximate surface area is 324 Å². The summed E-state index contributed by atoms with van der Waals surface area (Å²) in [4.78, 5) is 0. The summed E-state index contributed by atoms with van der Waals surface area (Å²) < 4.78 is 0. The first-order valence-electron chi connectivity index (χ1n) is 19.5. The molecule has 0 heterocycles. The van der Waals surface area contributed by atoms with Crippen LogP contribution in [0.25, 0.3) is 120 Å². The first kappa shape index (κ1) is 31.1. The van der Waals surface area contributed by atoms with E-state index in [1.165, 1.54) is 120 Å². The van der Waals surface area contributed by atoms with Crippen molar-refractivity contribution in [2.45, 2.75) is 0 Å². The molecule has 0 nitrogen and oxygen atoms in total. The Morgan fingerprint density at radius 1 is 0.196 bits per heavy atom. The van der Waals surface area contributed by atoms with Crippen molar-refractivity contribution >= 4 is 75.4 Å². The van der Waals surface area contributed by atoms with E-state index in [4.69, 9.17) is 0 Å². The Bertz CT molecular complexity index is 3440. The smallest absolute Gasteiger partial charge is 0.00199 e. The molecule has 56 heavy (non-hydrogen) atoms. The van der Waals surface area contributed by atoms with Crippen LogP contribution in [0.1, 0.15) is 0 Å². The van der Waals surface area contributed by atoms with Crippen LogP contribution < -0.4 is 0 Å². The molecule has 12 aromatic carbocycles. The lowest BCUT2D eigenvalue weighted by Gasteiger charge is -2.21. The van der Waals surface area contributed by atoms with Crippen molar-refractivity contribution in [3.05, 3.63) is 206 Å². The minimum absolute atomic E-state index is 1.21. The van der Waals surface area contributed by atoms with E-state index in [-0.39, 0.29) is 0 Å². The summed E-state index contributed by atoms with van der Waals surface area (Å²) in [5.74, 6) is 0. The molecule has 0 bridgehead atoms. The summed E-state index contributed by atoms with van der Waals surface area (Å²) in [5.41, 5.74) is 9.99. The largest absolute Gasteiger partial charge is 0.0616 e.